The summed E-state index contributed by atoms with van der Waals surface area (Å²) in [6.45, 7) is 0. The van der Waals surface area contributed by atoms with Crippen molar-refractivity contribution in [1.82, 2.24) is 0 Å². The molecular formula is C14H16Cl2Ir2+4. The van der Waals surface area contributed by atoms with Crippen LogP contribution >= 0.6 is 0 Å². The topological polar surface area (TPSA) is 0 Å². The van der Waals surface area contributed by atoms with E-state index in [-0.39, 0.29) is 65.0 Å². The monoisotopic (exact) mass is 640 g/mol. The van der Waals surface area contributed by atoms with Crippen LogP contribution in [0.4, 0.5) is 0 Å². The molecule has 8 radical (unpaired) electrons. The van der Waals surface area contributed by atoms with Crippen LogP contribution in [0.2, 0.25) is 0 Å². The van der Waals surface area contributed by atoms with Gasteiger partial charge in [0.2, 0.25) is 0 Å². The first kappa shape index (κ1) is 22.2. The quantitative estimate of drug-likeness (QED) is 0.264. The fraction of sp³-hybridized carbons (Fsp3) is 0.429. The van der Waals surface area contributed by atoms with Gasteiger partial charge < -0.3 is 24.8 Å². The Balaban J connectivity index is 0. The van der Waals surface area contributed by atoms with Gasteiger partial charge in [-0.25, -0.2) is 0 Å². The van der Waals surface area contributed by atoms with Crippen molar-refractivity contribution in [3.63, 3.8) is 0 Å². The molecule has 4 bridgehead atoms. The van der Waals surface area contributed by atoms with E-state index in [2.05, 4.69) is 51.4 Å². The summed E-state index contributed by atoms with van der Waals surface area (Å²) in [6.07, 6.45) is 21.1. The predicted molar refractivity (Wildman–Crippen MR) is 57.6 cm³/mol. The van der Waals surface area contributed by atoms with Crippen LogP contribution in [-0.4, -0.2) is 0 Å². The zero-order valence-corrected chi connectivity index (χ0v) is 16.1. The number of hydrogen-bond acceptors (Lipinski definition) is 0. The third-order valence-electron chi connectivity index (χ3n) is 3.51. The zero-order valence-electron chi connectivity index (χ0n) is 9.77. The van der Waals surface area contributed by atoms with Crippen molar-refractivity contribution in [3.05, 3.63) is 51.4 Å². The van der Waals surface area contributed by atoms with Crippen LogP contribution in [0.5, 0.6) is 0 Å². The fourth-order valence-corrected chi connectivity index (χ4v) is 2.66. The minimum Gasteiger partial charge on any atom is -1.00 e. The smallest absolute Gasteiger partial charge is 1.00 e. The Labute approximate surface area is 152 Å². The van der Waals surface area contributed by atoms with Crippen molar-refractivity contribution in [2.75, 3.05) is 0 Å². The SMILES string of the molecule is [CH]1[CH]C2[CH][CH]C1C2.[CH]1[CH]C2[CH][CH]C1C2.[Cl-].[Cl-].[Ir+3].[Ir+3]. The number of hydrogen-bond donors (Lipinski definition) is 0. The van der Waals surface area contributed by atoms with Gasteiger partial charge in [0, 0.05) is 0 Å². The number of halogens is 2. The molecule has 4 aliphatic rings. The molecule has 100 valence electrons. The van der Waals surface area contributed by atoms with Crippen molar-refractivity contribution in [1.29, 1.82) is 0 Å². The summed E-state index contributed by atoms with van der Waals surface area (Å²) in [4.78, 5) is 0. The van der Waals surface area contributed by atoms with Crippen LogP contribution in [-0.2, 0) is 40.2 Å². The Kier molecular flexibility index (Phi) is 13.0. The second kappa shape index (κ2) is 10.6. The van der Waals surface area contributed by atoms with Gasteiger partial charge in [0.1, 0.15) is 0 Å². The standard InChI is InChI=1S/2C7H8.2ClH.2Ir/c2*1-2-7-4-3-6(1)5-7;;;;/h2*1-4,6-7H,5H2;2*1H;;/q;;;;2*+3/p-2. The van der Waals surface area contributed by atoms with E-state index < -0.39 is 0 Å². The summed E-state index contributed by atoms with van der Waals surface area (Å²) in [6, 6.07) is 0. The molecule has 0 aromatic carbocycles. The van der Waals surface area contributed by atoms with Crippen LogP contribution in [0.1, 0.15) is 12.8 Å². The summed E-state index contributed by atoms with van der Waals surface area (Å²) >= 11 is 0. The van der Waals surface area contributed by atoms with E-state index in [0.717, 1.165) is 23.7 Å². The fourth-order valence-electron chi connectivity index (χ4n) is 2.66. The van der Waals surface area contributed by atoms with Gasteiger partial charge in [0.05, 0.1) is 0 Å². The maximum Gasteiger partial charge on any atom is 3.00 e. The Bertz CT molecular complexity index is 156. The Morgan fingerprint density at radius 3 is 0.667 bits per heavy atom. The Morgan fingerprint density at radius 2 is 0.611 bits per heavy atom. The average Bonchev–Trinajstić information content (AvgIpc) is 3.01. The van der Waals surface area contributed by atoms with Crippen LogP contribution < -0.4 is 24.8 Å². The zero-order chi connectivity index (χ0) is 9.38. The molecule has 0 amide bonds. The van der Waals surface area contributed by atoms with Gasteiger partial charge >= 0.3 is 40.2 Å². The van der Waals surface area contributed by atoms with E-state index in [1.807, 2.05) is 0 Å². The van der Waals surface area contributed by atoms with E-state index in [1.165, 1.54) is 12.8 Å². The molecule has 0 nitrogen and oxygen atoms in total. The maximum absolute atomic E-state index is 2.30. The van der Waals surface area contributed by atoms with Crippen LogP contribution in [0.25, 0.3) is 0 Å². The molecule has 18 heavy (non-hydrogen) atoms. The van der Waals surface area contributed by atoms with Crippen LogP contribution in [0.15, 0.2) is 0 Å². The van der Waals surface area contributed by atoms with Crippen LogP contribution in [0, 0.1) is 75.0 Å². The third kappa shape index (κ3) is 5.71. The first-order chi connectivity index (χ1) is 6.90. The van der Waals surface area contributed by atoms with Gasteiger partial charge in [-0.3, -0.25) is 0 Å². The van der Waals surface area contributed by atoms with Gasteiger partial charge in [-0.15, -0.1) is 0 Å². The molecule has 4 aliphatic carbocycles. The van der Waals surface area contributed by atoms with Crippen molar-refractivity contribution in [2.45, 2.75) is 12.8 Å². The molecule has 0 heterocycles. The Hall–Kier alpha value is 1.88. The normalized spacial score (nSPS) is 37.3. The molecule has 0 atom stereocenters. The second-order valence-corrected chi connectivity index (χ2v) is 4.67. The first-order valence-corrected chi connectivity index (χ1v) is 5.63. The third-order valence-corrected chi connectivity index (χ3v) is 3.51. The van der Waals surface area contributed by atoms with E-state index >= 15 is 0 Å². The van der Waals surface area contributed by atoms with Crippen molar-refractivity contribution >= 4 is 0 Å². The van der Waals surface area contributed by atoms with E-state index in [9.17, 15) is 0 Å². The van der Waals surface area contributed by atoms with Gasteiger partial charge in [0.25, 0.3) is 0 Å². The van der Waals surface area contributed by atoms with Gasteiger partial charge in [0.15, 0.2) is 0 Å². The van der Waals surface area contributed by atoms with E-state index in [1.54, 1.807) is 0 Å². The molecular weight excluding hydrogens is 623 g/mol. The molecule has 4 heteroatoms. The average molecular weight is 640 g/mol. The Morgan fingerprint density at radius 1 is 0.444 bits per heavy atom. The molecule has 4 fully saturated rings. The molecule has 0 unspecified atom stereocenters. The number of fused-ring (bicyclic) bond motifs is 4. The summed E-state index contributed by atoms with van der Waals surface area (Å²) in [5, 5.41) is 0. The molecule has 0 aromatic heterocycles. The molecule has 0 saturated heterocycles. The molecule has 0 N–H and O–H groups in total. The van der Waals surface area contributed by atoms with Crippen molar-refractivity contribution < 1.29 is 65.0 Å². The first-order valence-electron chi connectivity index (χ1n) is 5.63. The molecule has 0 aromatic rings. The number of rotatable bonds is 0. The minimum atomic E-state index is 0. The molecule has 0 aliphatic heterocycles. The summed E-state index contributed by atoms with van der Waals surface area (Å²) in [7, 11) is 0. The van der Waals surface area contributed by atoms with E-state index in [4.69, 9.17) is 0 Å². The second-order valence-electron chi connectivity index (χ2n) is 4.67. The van der Waals surface area contributed by atoms with Crippen molar-refractivity contribution in [2.24, 2.45) is 23.7 Å². The van der Waals surface area contributed by atoms with Gasteiger partial charge in [-0.2, -0.15) is 0 Å². The summed E-state index contributed by atoms with van der Waals surface area (Å²) in [5.74, 6) is 3.24. The van der Waals surface area contributed by atoms with Crippen LogP contribution in [0.3, 0.4) is 0 Å². The largest absolute Gasteiger partial charge is 3.00 e. The molecule has 0 spiro atoms. The van der Waals surface area contributed by atoms with Gasteiger partial charge in [-0.05, 0) is 87.9 Å². The maximum atomic E-state index is 2.30. The molecule has 4 saturated carbocycles. The van der Waals surface area contributed by atoms with E-state index in [0.29, 0.717) is 0 Å². The van der Waals surface area contributed by atoms with Crippen molar-refractivity contribution in [3.8, 4) is 0 Å². The molecule has 4 rings (SSSR count). The summed E-state index contributed by atoms with van der Waals surface area (Å²) < 4.78 is 0. The van der Waals surface area contributed by atoms with Gasteiger partial charge in [-0.1, -0.05) is 0 Å². The predicted octanol–water partition coefficient (Wildman–Crippen LogP) is -3.09. The summed E-state index contributed by atoms with van der Waals surface area (Å²) in [5.41, 5.74) is 0. The minimum absolute atomic E-state index is 0.